The normalized spacial score (nSPS) is 11.5. The number of aryl methyl sites for hydroxylation is 2. The van der Waals surface area contributed by atoms with E-state index in [-0.39, 0.29) is 22.2 Å². The number of anilines is 2. The second-order valence-corrected chi connectivity index (χ2v) is 8.65. The number of amides is 1. The maximum Gasteiger partial charge on any atom is 0.265 e. The largest absolute Gasteiger partial charge is 0.495 e. The first-order valence-corrected chi connectivity index (χ1v) is 11.0. The predicted octanol–water partition coefficient (Wildman–Crippen LogP) is 4.37. The Bertz CT molecular complexity index is 1300. The summed E-state index contributed by atoms with van der Waals surface area (Å²) in [6.07, 6.45) is 3.19. The lowest BCUT2D eigenvalue weighted by molar-refractivity contribution is -0.114. The van der Waals surface area contributed by atoms with Crippen LogP contribution in [0.5, 0.6) is 5.75 Å². The number of ether oxygens (including phenoxy) is 1. The number of rotatable bonds is 7. The van der Waals surface area contributed by atoms with E-state index >= 15 is 0 Å². The van der Waals surface area contributed by atoms with Gasteiger partial charge >= 0.3 is 0 Å². The van der Waals surface area contributed by atoms with Gasteiger partial charge in [0.2, 0.25) is 5.91 Å². The molecule has 32 heavy (non-hydrogen) atoms. The Morgan fingerprint density at radius 2 is 1.91 bits per heavy atom. The van der Waals surface area contributed by atoms with Crippen molar-refractivity contribution in [2.75, 3.05) is 17.1 Å². The molecule has 0 atom stereocenters. The summed E-state index contributed by atoms with van der Waals surface area (Å²) in [5.74, 6) is -0.274. The van der Waals surface area contributed by atoms with Crippen LogP contribution in [0, 0.1) is 19.7 Å². The monoisotopic (exact) mass is 459 g/mol. The molecule has 0 bridgehead atoms. The van der Waals surface area contributed by atoms with E-state index in [0.29, 0.717) is 28.3 Å². The number of nitrogens with one attached hydrogen (secondary N) is 2. The van der Waals surface area contributed by atoms with E-state index in [1.807, 2.05) is 0 Å². The first kappa shape index (κ1) is 23.0. The average molecular weight is 459 g/mol. The first-order valence-electron chi connectivity index (χ1n) is 9.49. The van der Waals surface area contributed by atoms with Crippen molar-refractivity contribution in [3.8, 4) is 5.75 Å². The molecule has 2 aromatic carbocycles. The summed E-state index contributed by atoms with van der Waals surface area (Å²) >= 11 is 0. The van der Waals surface area contributed by atoms with Crippen LogP contribution in [0.15, 0.2) is 45.8 Å². The van der Waals surface area contributed by atoms with Gasteiger partial charge in [0.1, 0.15) is 27.8 Å². The minimum atomic E-state index is -4.04. The minimum absolute atomic E-state index is 0.0956. The molecular formula is C22H22FN3O5S. The van der Waals surface area contributed by atoms with Crippen molar-refractivity contribution in [2.45, 2.75) is 25.7 Å². The van der Waals surface area contributed by atoms with Gasteiger partial charge in [-0.15, -0.1) is 0 Å². The maximum atomic E-state index is 13.4. The van der Waals surface area contributed by atoms with Crippen LogP contribution < -0.4 is 14.8 Å². The number of methoxy groups -OCH3 is 1. The SMILES string of the molecule is COc1ccc(/C=C\c2onc(C)c2NC(C)=O)cc1S(=O)(=O)Nc1ccc(F)cc1C. The molecule has 3 rings (SSSR count). The zero-order chi connectivity index (χ0) is 23.5. The number of nitrogens with zero attached hydrogens (tertiary/aromatic N) is 1. The Labute approximate surface area is 185 Å². The third-order valence-electron chi connectivity index (χ3n) is 4.53. The molecule has 0 aliphatic heterocycles. The fourth-order valence-corrected chi connectivity index (χ4v) is 4.29. The van der Waals surface area contributed by atoms with Crippen LogP contribution in [0.2, 0.25) is 0 Å². The summed E-state index contributed by atoms with van der Waals surface area (Å²) in [5, 5.41) is 6.48. The van der Waals surface area contributed by atoms with E-state index < -0.39 is 15.8 Å². The molecule has 0 unspecified atom stereocenters. The lowest BCUT2D eigenvalue weighted by Gasteiger charge is -2.14. The highest BCUT2D eigenvalue weighted by Crippen LogP contribution is 2.29. The Morgan fingerprint density at radius 3 is 2.56 bits per heavy atom. The van der Waals surface area contributed by atoms with Gasteiger partial charge in [-0.25, -0.2) is 12.8 Å². The van der Waals surface area contributed by atoms with Crippen LogP contribution in [0.3, 0.4) is 0 Å². The van der Waals surface area contributed by atoms with Crippen molar-refractivity contribution >= 4 is 39.5 Å². The molecule has 0 spiro atoms. The Kier molecular flexibility index (Phi) is 6.64. The highest BCUT2D eigenvalue weighted by molar-refractivity contribution is 7.92. The van der Waals surface area contributed by atoms with Crippen molar-refractivity contribution in [1.29, 1.82) is 0 Å². The van der Waals surface area contributed by atoms with E-state index in [1.165, 1.54) is 44.4 Å². The van der Waals surface area contributed by atoms with E-state index in [0.717, 1.165) is 0 Å². The van der Waals surface area contributed by atoms with Gasteiger partial charge in [-0.3, -0.25) is 9.52 Å². The molecule has 8 nitrogen and oxygen atoms in total. The number of hydrogen-bond acceptors (Lipinski definition) is 6. The summed E-state index contributed by atoms with van der Waals surface area (Å²) in [4.78, 5) is 11.3. The van der Waals surface area contributed by atoms with E-state index in [2.05, 4.69) is 15.2 Å². The number of benzene rings is 2. The van der Waals surface area contributed by atoms with Crippen molar-refractivity contribution in [3.05, 3.63) is 64.8 Å². The van der Waals surface area contributed by atoms with Crippen molar-refractivity contribution in [1.82, 2.24) is 5.16 Å². The topological polar surface area (TPSA) is 111 Å². The lowest BCUT2D eigenvalue weighted by Crippen LogP contribution is -2.15. The van der Waals surface area contributed by atoms with Gasteiger partial charge < -0.3 is 14.6 Å². The highest BCUT2D eigenvalue weighted by Gasteiger charge is 2.21. The van der Waals surface area contributed by atoms with E-state index in [1.54, 1.807) is 32.1 Å². The third kappa shape index (κ3) is 5.14. The number of halogens is 1. The van der Waals surface area contributed by atoms with Crippen LogP contribution in [-0.2, 0) is 14.8 Å². The minimum Gasteiger partial charge on any atom is -0.495 e. The Hall–Kier alpha value is -3.66. The summed E-state index contributed by atoms with van der Waals surface area (Å²) < 4.78 is 52.4. The molecule has 0 aliphatic rings. The molecular weight excluding hydrogens is 437 g/mol. The van der Waals surface area contributed by atoms with Crippen LogP contribution in [0.25, 0.3) is 12.2 Å². The molecule has 3 aromatic rings. The summed E-state index contributed by atoms with van der Waals surface area (Å²) in [6, 6.07) is 8.38. The van der Waals surface area contributed by atoms with E-state index in [4.69, 9.17) is 9.26 Å². The summed E-state index contributed by atoms with van der Waals surface area (Å²) in [6.45, 7) is 4.66. The number of carbonyl (C=O) groups excluding carboxylic acids is 1. The second kappa shape index (κ2) is 9.23. The van der Waals surface area contributed by atoms with Gasteiger partial charge in [-0.2, -0.15) is 0 Å². The van der Waals surface area contributed by atoms with Crippen molar-refractivity contribution < 1.29 is 26.9 Å². The fraction of sp³-hybridized carbons (Fsp3) is 0.182. The predicted molar refractivity (Wildman–Crippen MR) is 119 cm³/mol. The standard InChI is InChI=1S/C22H22FN3O5S/c1-13-11-17(23)7-8-18(13)26-32(28,29)21-12-16(5-9-19(21)30-4)6-10-20-22(24-15(3)27)14(2)25-31-20/h5-12,26H,1-4H3,(H,24,27)/b10-6-. The first-order chi connectivity index (χ1) is 15.1. The quantitative estimate of drug-likeness (QED) is 0.543. The van der Waals surface area contributed by atoms with Gasteiger partial charge in [-0.1, -0.05) is 17.3 Å². The molecule has 0 radical (unpaired) electrons. The van der Waals surface area contributed by atoms with Crippen molar-refractivity contribution in [2.24, 2.45) is 0 Å². The van der Waals surface area contributed by atoms with Crippen LogP contribution >= 0.6 is 0 Å². The number of hydrogen-bond donors (Lipinski definition) is 2. The number of sulfonamides is 1. The number of aromatic nitrogens is 1. The van der Waals surface area contributed by atoms with Crippen LogP contribution in [0.4, 0.5) is 15.8 Å². The van der Waals surface area contributed by atoms with Gasteiger partial charge in [0, 0.05) is 6.92 Å². The maximum absolute atomic E-state index is 13.4. The molecule has 0 fully saturated rings. The molecule has 1 amide bonds. The molecule has 168 valence electrons. The summed E-state index contributed by atoms with van der Waals surface area (Å²) in [7, 11) is -2.68. The zero-order valence-corrected chi connectivity index (χ0v) is 18.7. The van der Waals surface area contributed by atoms with Gasteiger partial charge in [0.05, 0.1) is 12.8 Å². The molecule has 0 saturated carbocycles. The highest BCUT2D eigenvalue weighted by atomic mass is 32.2. The third-order valence-corrected chi connectivity index (χ3v) is 5.91. The lowest BCUT2D eigenvalue weighted by atomic mass is 10.2. The van der Waals surface area contributed by atoms with E-state index in [9.17, 15) is 17.6 Å². The Balaban J connectivity index is 1.95. The van der Waals surface area contributed by atoms with Gasteiger partial charge in [0.25, 0.3) is 10.0 Å². The molecule has 1 heterocycles. The summed E-state index contributed by atoms with van der Waals surface area (Å²) in [5.41, 5.74) is 2.17. The molecule has 2 N–H and O–H groups in total. The van der Waals surface area contributed by atoms with Crippen LogP contribution in [-0.4, -0.2) is 26.6 Å². The fourth-order valence-electron chi connectivity index (χ4n) is 2.95. The molecule has 10 heteroatoms. The molecule has 0 aliphatic carbocycles. The second-order valence-electron chi connectivity index (χ2n) is 7.00. The number of carbonyl (C=O) groups is 1. The smallest absolute Gasteiger partial charge is 0.265 e. The molecule has 1 aromatic heterocycles. The zero-order valence-electron chi connectivity index (χ0n) is 17.9. The molecule has 0 saturated heterocycles. The van der Waals surface area contributed by atoms with Gasteiger partial charge in [0.15, 0.2) is 5.76 Å². The Morgan fingerprint density at radius 1 is 1.16 bits per heavy atom. The van der Waals surface area contributed by atoms with Crippen molar-refractivity contribution in [3.63, 3.8) is 0 Å². The average Bonchev–Trinajstić information content (AvgIpc) is 3.07. The van der Waals surface area contributed by atoms with Gasteiger partial charge in [-0.05, 0) is 61.4 Å². The van der Waals surface area contributed by atoms with Crippen LogP contribution in [0.1, 0.15) is 29.5 Å².